The normalized spacial score (nSPS) is 17.1. The number of aliphatic hydroxyl groups excluding tert-OH is 1. The summed E-state index contributed by atoms with van der Waals surface area (Å²) in [6.07, 6.45) is 1.53. The SMILES string of the molecule is CC(C)C(=O)C1=C(O)C(=O)N(Cc2ccco2)C1c1ccc(N(C)C)cc1. The van der Waals surface area contributed by atoms with Gasteiger partial charge in [-0.05, 0) is 29.8 Å². The molecule has 0 bridgehead atoms. The monoisotopic (exact) mass is 368 g/mol. The van der Waals surface area contributed by atoms with Crippen LogP contribution in [0.4, 0.5) is 5.69 Å². The van der Waals surface area contributed by atoms with Crippen molar-refractivity contribution < 1.29 is 19.1 Å². The zero-order valence-corrected chi connectivity index (χ0v) is 16.0. The average molecular weight is 368 g/mol. The number of rotatable bonds is 6. The summed E-state index contributed by atoms with van der Waals surface area (Å²) >= 11 is 0. The minimum absolute atomic E-state index is 0.152. The molecule has 6 heteroatoms. The van der Waals surface area contributed by atoms with Gasteiger partial charge in [0.2, 0.25) is 0 Å². The molecule has 0 fully saturated rings. The van der Waals surface area contributed by atoms with E-state index in [1.54, 1.807) is 26.0 Å². The van der Waals surface area contributed by atoms with Crippen molar-refractivity contribution in [2.75, 3.05) is 19.0 Å². The fourth-order valence-corrected chi connectivity index (χ4v) is 3.25. The molecule has 1 aromatic carbocycles. The highest BCUT2D eigenvalue weighted by molar-refractivity contribution is 6.09. The highest BCUT2D eigenvalue weighted by atomic mass is 16.3. The van der Waals surface area contributed by atoms with Gasteiger partial charge in [0.05, 0.1) is 24.4 Å². The number of furan rings is 1. The molecule has 1 amide bonds. The Balaban J connectivity index is 2.05. The van der Waals surface area contributed by atoms with Crippen LogP contribution >= 0.6 is 0 Å². The molecule has 6 nitrogen and oxygen atoms in total. The van der Waals surface area contributed by atoms with E-state index < -0.39 is 17.7 Å². The Morgan fingerprint density at radius 1 is 1.22 bits per heavy atom. The van der Waals surface area contributed by atoms with Crippen LogP contribution in [0, 0.1) is 5.92 Å². The van der Waals surface area contributed by atoms with Crippen LogP contribution in [0.5, 0.6) is 0 Å². The van der Waals surface area contributed by atoms with E-state index in [4.69, 9.17) is 4.42 Å². The molecule has 1 N–H and O–H groups in total. The summed E-state index contributed by atoms with van der Waals surface area (Å²) in [5.41, 5.74) is 1.93. The van der Waals surface area contributed by atoms with Crippen LogP contribution in [0.15, 0.2) is 58.4 Å². The van der Waals surface area contributed by atoms with Gasteiger partial charge in [-0.15, -0.1) is 0 Å². The number of ketones is 1. The fraction of sp³-hybridized carbons (Fsp3) is 0.333. The molecule has 0 saturated carbocycles. The topological polar surface area (TPSA) is 74.0 Å². The van der Waals surface area contributed by atoms with Gasteiger partial charge in [-0.1, -0.05) is 26.0 Å². The Morgan fingerprint density at radius 2 is 1.89 bits per heavy atom. The van der Waals surface area contributed by atoms with Gasteiger partial charge in [0.15, 0.2) is 11.5 Å². The summed E-state index contributed by atoms with van der Waals surface area (Å²) in [4.78, 5) is 29.0. The lowest BCUT2D eigenvalue weighted by Crippen LogP contribution is -2.31. The standard InChI is InChI=1S/C21H24N2O4/c1-13(2)19(24)17-18(14-7-9-15(10-8-14)22(3)4)23(21(26)20(17)25)12-16-6-5-11-27-16/h5-11,13,18,25H,12H2,1-4H3. The van der Waals surface area contributed by atoms with Crippen molar-refractivity contribution in [1.82, 2.24) is 4.90 Å². The van der Waals surface area contributed by atoms with Gasteiger partial charge in [-0.3, -0.25) is 9.59 Å². The first-order chi connectivity index (χ1) is 12.8. The number of amides is 1. The summed E-state index contributed by atoms with van der Waals surface area (Å²) in [7, 11) is 3.88. The molecule has 27 heavy (non-hydrogen) atoms. The minimum atomic E-state index is -0.645. The first-order valence-electron chi connectivity index (χ1n) is 8.89. The van der Waals surface area contributed by atoms with Gasteiger partial charge in [-0.2, -0.15) is 0 Å². The summed E-state index contributed by atoms with van der Waals surface area (Å²) in [5, 5.41) is 10.5. The Morgan fingerprint density at radius 3 is 2.41 bits per heavy atom. The molecule has 1 unspecified atom stereocenters. The van der Waals surface area contributed by atoms with Crippen molar-refractivity contribution in [1.29, 1.82) is 0 Å². The third-order valence-corrected chi connectivity index (χ3v) is 4.73. The summed E-state index contributed by atoms with van der Waals surface area (Å²) in [6.45, 7) is 3.69. The highest BCUT2D eigenvalue weighted by Crippen LogP contribution is 2.40. The second-order valence-corrected chi connectivity index (χ2v) is 7.18. The third kappa shape index (κ3) is 3.47. The molecule has 1 aliphatic heterocycles. The number of aliphatic hydroxyl groups is 1. The van der Waals surface area contributed by atoms with E-state index in [-0.39, 0.29) is 23.8 Å². The zero-order valence-electron chi connectivity index (χ0n) is 16.0. The summed E-state index contributed by atoms with van der Waals surface area (Å²) < 4.78 is 5.37. The first-order valence-corrected chi connectivity index (χ1v) is 8.89. The lowest BCUT2D eigenvalue weighted by atomic mass is 9.91. The number of carbonyl (C=O) groups excluding carboxylic acids is 2. The summed E-state index contributed by atoms with van der Waals surface area (Å²) in [5.74, 6) is -1.00. The largest absolute Gasteiger partial charge is 0.503 e. The van der Waals surface area contributed by atoms with Crippen LogP contribution in [-0.4, -0.2) is 35.8 Å². The maximum atomic E-state index is 12.8. The Hall–Kier alpha value is -3.02. The third-order valence-electron chi connectivity index (χ3n) is 4.73. The van der Waals surface area contributed by atoms with Crippen LogP contribution < -0.4 is 4.90 Å². The minimum Gasteiger partial charge on any atom is -0.503 e. The fourth-order valence-electron chi connectivity index (χ4n) is 3.25. The van der Waals surface area contributed by atoms with Crippen LogP contribution in [0.3, 0.4) is 0 Å². The molecule has 1 aliphatic rings. The van der Waals surface area contributed by atoms with E-state index >= 15 is 0 Å². The van der Waals surface area contributed by atoms with Crippen molar-refractivity contribution in [3.63, 3.8) is 0 Å². The average Bonchev–Trinajstić information content (AvgIpc) is 3.23. The second-order valence-electron chi connectivity index (χ2n) is 7.18. The van der Waals surface area contributed by atoms with Crippen LogP contribution in [0.25, 0.3) is 0 Å². The number of hydrogen-bond donors (Lipinski definition) is 1. The molecule has 1 aromatic heterocycles. The molecular formula is C21H24N2O4. The van der Waals surface area contributed by atoms with Crippen molar-refractivity contribution in [2.45, 2.75) is 26.4 Å². The van der Waals surface area contributed by atoms with E-state index in [2.05, 4.69) is 0 Å². The van der Waals surface area contributed by atoms with Gasteiger partial charge in [0.25, 0.3) is 5.91 Å². The number of nitrogens with zero attached hydrogens (tertiary/aromatic N) is 2. The zero-order chi connectivity index (χ0) is 19.7. The van der Waals surface area contributed by atoms with Gasteiger partial charge in [-0.25, -0.2) is 0 Å². The molecule has 142 valence electrons. The lowest BCUT2D eigenvalue weighted by molar-refractivity contribution is -0.130. The lowest BCUT2D eigenvalue weighted by Gasteiger charge is -2.27. The van der Waals surface area contributed by atoms with E-state index in [9.17, 15) is 14.7 Å². The molecule has 1 atom stereocenters. The van der Waals surface area contributed by atoms with Crippen LogP contribution in [0.1, 0.15) is 31.2 Å². The molecule has 0 aliphatic carbocycles. The second kappa shape index (κ2) is 7.31. The molecule has 0 spiro atoms. The van der Waals surface area contributed by atoms with Crippen molar-refractivity contribution in [3.05, 3.63) is 65.3 Å². The Labute approximate surface area is 158 Å². The van der Waals surface area contributed by atoms with E-state index in [1.165, 1.54) is 11.2 Å². The predicted molar refractivity (Wildman–Crippen MR) is 102 cm³/mol. The number of hydrogen-bond acceptors (Lipinski definition) is 5. The van der Waals surface area contributed by atoms with Crippen LogP contribution in [-0.2, 0) is 16.1 Å². The quantitative estimate of drug-likeness (QED) is 0.845. The predicted octanol–water partition coefficient (Wildman–Crippen LogP) is 3.47. The number of benzene rings is 1. The van der Waals surface area contributed by atoms with Gasteiger partial charge in [0.1, 0.15) is 5.76 Å². The van der Waals surface area contributed by atoms with E-state index in [0.717, 1.165) is 11.3 Å². The van der Waals surface area contributed by atoms with Crippen molar-refractivity contribution in [3.8, 4) is 0 Å². The molecule has 3 rings (SSSR count). The molecule has 0 saturated heterocycles. The maximum Gasteiger partial charge on any atom is 0.290 e. The number of carbonyl (C=O) groups is 2. The van der Waals surface area contributed by atoms with Gasteiger partial charge < -0.3 is 19.3 Å². The first kappa shape index (κ1) is 18.8. The number of Topliss-reactive ketones (excluding diaryl/α,β-unsaturated/α-hetero) is 1. The molecule has 2 aromatic rings. The molecule has 0 radical (unpaired) electrons. The maximum absolute atomic E-state index is 12.8. The molecular weight excluding hydrogens is 344 g/mol. The van der Waals surface area contributed by atoms with Crippen LogP contribution in [0.2, 0.25) is 0 Å². The Kier molecular flexibility index (Phi) is 5.08. The Bertz CT molecular complexity index is 864. The highest BCUT2D eigenvalue weighted by Gasteiger charge is 2.44. The summed E-state index contributed by atoms with van der Waals surface area (Å²) in [6, 6.07) is 10.5. The van der Waals surface area contributed by atoms with E-state index in [1.807, 2.05) is 43.3 Å². The van der Waals surface area contributed by atoms with Crippen molar-refractivity contribution in [2.24, 2.45) is 5.92 Å². The van der Waals surface area contributed by atoms with Crippen molar-refractivity contribution >= 4 is 17.4 Å². The van der Waals surface area contributed by atoms with E-state index in [0.29, 0.717) is 5.76 Å². The van der Waals surface area contributed by atoms with Gasteiger partial charge >= 0.3 is 0 Å². The van der Waals surface area contributed by atoms with Gasteiger partial charge in [0, 0.05) is 25.7 Å². The number of anilines is 1. The smallest absolute Gasteiger partial charge is 0.290 e. The molecule has 2 heterocycles.